The highest BCUT2D eigenvalue weighted by Crippen LogP contribution is 2.38. The van der Waals surface area contributed by atoms with Crippen molar-refractivity contribution in [3.8, 4) is 0 Å². The molecule has 3 N–H and O–H groups in total. The highest BCUT2D eigenvalue weighted by molar-refractivity contribution is 5.85. The summed E-state index contributed by atoms with van der Waals surface area (Å²) in [4.78, 5) is 52.3. The van der Waals surface area contributed by atoms with Crippen LogP contribution in [-0.2, 0) is 57.1 Å². The summed E-state index contributed by atoms with van der Waals surface area (Å²) >= 11 is 0. The van der Waals surface area contributed by atoms with E-state index >= 15 is 0 Å². The molecule has 3 aliphatic rings. The van der Waals surface area contributed by atoms with Gasteiger partial charge in [0.1, 0.15) is 42.4 Å². The third kappa shape index (κ3) is 15.4. The number of nitrogens with zero attached hydrogens (tertiary/aromatic N) is 1. The lowest BCUT2D eigenvalue weighted by molar-refractivity contribution is -0.344. The van der Waals surface area contributed by atoms with Crippen molar-refractivity contribution in [3.63, 3.8) is 0 Å². The number of cyclic esters (lactones) is 1. The van der Waals surface area contributed by atoms with E-state index in [-0.39, 0.29) is 44.0 Å². The van der Waals surface area contributed by atoms with Gasteiger partial charge in [0.2, 0.25) is 0 Å². The summed E-state index contributed by atoms with van der Waals surface area (Å²) in [5.41, 5.74) is -1.50. The standard InChI is InChI=1S/C42H69NO15.ClH/c1-23(2)19-32(47)56-40-27(6)53-34(22-42(40,8)50)57-37-26(5)54-41(36(49)35(37)43(9)10)58-38-29(17-18-44)20-24(3)30(46)16-14-12-13-15-25(4)52-33(48)21-31(39(38)51-11)55-28(7)45;/h12-14,16,18,23-27,29-31,34-41,46,49-50H,15,17,19-22H2,1-11H3;1H/b13-12+,16-14+;/t24-,25-,26-,27+,29+,30+,31-,34+,35-,36-,37-,38+,39+,40+,41+,42-;/m1./s1. The van der Waals surface area contributed by atoms with Crippen LogP contribution in [0.25, 0.3) is 0 Å². The summed E-state index contributed by atoms with van der Waals surface area (Å²) in [6, 6.07) is -0.782. The number of aliphatic hydroxyl groups excluding tert-OH is 2. The van der Waals surface area contributed by atoms with Gasteiger partial charge >= 0.3 is 17.9 Å². The number of halogens is 1. The molecule has 0 aliphatic carbocycles. The first kappa shape index (κ1) is 52.6. The molecule has 0 saturated carbocycles. The number of ether oxygens (including phenoxy) is 8. The topological polar surface area (TPSA) is 206 Å². The number of likely N-dealkylation sites (N-methyl/N-ethyl adjacent to an activating group) is 1. The molecule has 0 spiro atoms. The summed E-state index contributed by atoms with van der Waals surface area (Å²) in [5, 5.41) is 34.6. The first-order valence-electron chi connectivity index (χ1n) is 20.4. The molecule has 3 heterocycles. The van der Waals surface area contributed by atoms with Gasteiger partial charge in [0.05, 0.1) is 36.9 Å². The number of carbonyl (C=O) groups is 4. The number of rotatable bonds is 12. The van der Waals surface area contributed by atoms with E-state index in [0.29, 0.717) is 12.7 Å². The van der Waals surface area contributed by atoms with Crippen molar-refractivity contribution in [1.82, 2.24) is 4.90 Å². The van der Waals surface area contributed by atoms with Gasteiger partial charge in [-0.25, -0.2) is 0 Å². The van der Waals surface area contributed by atoms with E-state index in [2.05, 4.69) is 0 Å². The van der Waals surface area contributed by atoms with Crippen LogP contribution in [0, 0.1) is 17.8 Å². The Morgan fingerprint density at radius 3 is 2.27 bits per heavy atom. The molecular weight excluding hydrogens is 794 g/mol. The molecule has 2 saturated heterocycles. The smallest absolute Gasteiger partial charge is 0.309 e. The molecule has 340 valence electrons. The van der Waals surface area contributed by atoms with Crippen molar-refractivity contribution in [2.75, 3.05) is 21.2 Å². The van der Waals surface area contributed by atoms with E-state index in [9.17, 15) is 34.5 Å². The highest BCUT2D eigenvalue weighted by atomic mass is 35.5. The Kier molecular flexibility index (Phi) is 21.6. The number of methoxy groups -OCH3 is 1. The third-order valence-electron chi connectivity index (χ3n) is 10.9. The molecule has 59 heavy (non-hydrogen) atoms. The van der Waals surface area contributed by atoms with Crippen LogP contribution in [0.1, 0.15) is 93.9 Å². The summed E-state index contributed by atoms with van der Waals surface area (Å²) in [5.74, 6) is -2.82. The molecule has 0 amide bonds. The van der Waals surface area contributed by atoms with Gasteiger partial charge in [-0.05, 0) is 66.0 Å². The zero-order chi connectivity index (χ0) is 43.5. The Bertz CT molecular complexity index is 1390. The number of esters is 3. The second kappa shape index (κ2) is 24.2. The summed E-state index contributed by atoms with van der Waals surface area (Å²) in [6.45, 7) is 13.5. The van der Waals surface area contributed by atoms with Crippen LogP contribution in [0.3, 0.4) is 0 Å². The minimum Gasteiger partial charge on any atom is -0.462 e. The average molecular weight is 864 g/mol. The minimum atomic E-state index is -1.50. The van der Waals surface area contributed by atoms with Gasteiger partial charge in [0.15, 0.2) is 18.7 Å². The third-order valence-corrected chi connectivity index (χ3v) is 10.9. The van der Waals surface area contributed by atoms with E-state index in [1.165, 1.54) is 14.0 Å². The van der Waals surface area contributed by atoms with Crippen molar-refractivity contribution >= 4 is 36.6 Å². The largest absolute Gasteiger partial charge is 0.462 e. The normalized spacial score (nSPS) is 40.0. The lowest BCUT2D eigenvalue weighted by Gasteiger charge is -2.50. The number of carbonyl (C=O) groups excluding carboxylic acids is 4. The number of hydrogen-bond acceptors (Lipinski definition) is 16. The quantitative estimate of drug-likeness (QED) is 0.146. The van der Waals surface area contributed by atoms with Crippen LogP contribution in [0.5, 0.6) is 0 Å². The molecule has 0 aromatic heterocycles. The first-order valence-corrected chi connectivity index (χ1v) is 20.4. The van der Waals surface area contributed by atoms with Crippen LogP contribution in [0.4, 0.5) is 0 Å². The predicted molar refractivity (Wildman–Crippen MR) is 217 cm³/mol. The van der Waals surface area contributed by atoms with Crippen molar-refractivity contribution in [2.24, 2.45) is 17.8 Å². The van der Waals surface area contributed by atoms with Crippen LogP contribution in [0.15, 0.2) is 24.3 Å². The van der Waals surface area contributed by atoms with Crippen molar-refractivity contribution in [2.45, 2.75) is 179 Å². The highest BCUT2D eigenvalue weighted by Gasteiger charge is 2.53. The molecule has 16 nitrogen and oxygen atoms in total. The number of aliphatic hydroxyl groups is 3. The lowest BCUT2D eigenvalue weighted by Crippen LogP contribution is -2.66. The fraction of sp³-hybridized carbons (Fsp3) is 0.810. The average Bonchev–Trinajstić information content (AvgIpc) is 3.09. The molecule has 0 aromatic rings. The molecule has 0 radical (unpaired) electrons. The maximum absolute atomic E-state index is 13.2. The van der Waals surface area contributed by atoms with E-state index < -0.39 is 121 Å². The van der Waals surface area contributed by atoms with Crippen LogP contribution in [-0.4, -0.2) is 151 Å². The Hall–Kier alpha value is -2.51. The van der Waals surface area contributed by atoms with Gasteiger partial charge in [0.25, 0.3) is 0 Å². The maximum atomic E-state index is 13.2. The predicted octanol–water partition coefficient (Wildman–Crippen LogP) is 3.44. The Morgan fingerprint density at radius 2 is 1.69 bits per heavy atom. The van der Waals surface area contributed by atoms with Crippen molar-refractivity contribution in [1.29, 1.82) is 0 Å². The Morgan fingerprint density at radius 1 is 1.02 bits per heavy atom. The van der Waals surface area contributed by atoms with Crippen LogP contribution >= 0.6 is 12.4 Å². The van der Waals surface area contributed by atoms with Crippen molar-refractivity contribution < 1.29 is 72.4 Å². The Balaban J connectivity index is 0.0000120. The number of aldehydes is 1. The molecule has 0 unspecified atom stereocenters. The van der Waals surface area contributed by atoms with Gasteiger partial charge in [0, 0.05) is 39.7 Å². The van der Waals surface area contributed by atoms with Gasteiger partial charge < -0.3 is 62.9 Å². The molecule has 2 fully saturated rings. The van der Waals surface area contributed by atoms with Crippen molar-refractivity contribution in [3.05, 3.63) is 24.3 Å². The van der Waals surface area contributed by atoms with Gasteiger partial charge in [-0.15, -0.1) is 12.4 Å². The molecular formula is C42H70ClNO15. The molecule has 0 bridgehead atoms. The summed E-state index contributed by atoms with van der Waals surface area (Å²) in [6.07, 6.45) is -4.11. The summed E-state index contributed by atoms with van der Waals surface area (Å²) in [7, 11) is 4.86. The fourth-order valence-corrected chi connectivity index (χ4v) is 8.08. The van der Waals surface area contributed by atoms with Crippen LogP contribution in [0.2, 0.25) is 0 Å². The molecule has 3 aliphatic heterocycles. The zero-order valence-electron chi connectivity index (χ0n) is 36.5. The van der Waals surface area contributed by atoms with Crippen LogP contribution < -0.4 is 0 Å². The molecule has 3 rings (SSSR count). The number of hydrogen-bond donors (Lipinski definition) is 3. The molecule has 0 aromatic carbocycles. The van der Waals surface area contributed by atoms with Gasteiger partial charge in [-0.1, -0.05) is 45.1 Å². The molecule has 17 heteroatoms. The SMILES string of the molecule is CO[C@@H]1[C@@H](O[C@@H]2O[C@H](C)[C@@H](O[C@H]3C[C@@](C)(O)[C@@H](OC(=O)CC(C)C)[C@H](C)O3)[C@H](N(C)C)[C@H]2O)[C@@H](CC=O)C[C@@H](C)[C@@H](O)/C=C/C=C/C[C@@H](C)OC(=O)C[C@H]1OC(C)=O.Cl. The number of allylic oxidation sites excluding steroid dienone is 2. The van der Waals surface area contributed by atoms with E-state index in [1.807, 2.05) is 20.8 Å². The molecule has 16 atom stereocenters. The van der Waals surface area contributed by atoms with Gasteiger partial charge in [-0.2, -0.15) is 0 Å². The lowest BCUT2D eigenvalue weighted by atomic mass is 9.82. The minimum absolute atomic E-state index is 0. The van der Waals surface area contributed by atoms with E-state index in [0.717, 1.165) is 0 Å². The van der Waals surface area contributed by atoms with E-state index in [4.69, 9.17) is 37.9 Å². The monoisotopic (exact) mass is 863 g/mol. The second-order valence-electron chi connectivity index (χ2n) is 17.0. The first-order chi connectivity index (χ1) is 27.2. The second-order valence-corrected chi connectivity index (χ2v) is 17.0. The summed E-state index contributed by atoms with van der Waals surface area (Å²) < 4.78 is 48.6. The maximum Gasteiger partial charge on any atom is 0.309 e. The zero-order valence-corrected chi connectivity index (χ0v) is 37.3. The van der Waals surface area contributed by atoms with Gasteiger partial charge in [-0.3, -0.25) is 14.4 Å². The Labute approximate surface area is 355 Å². The van der Waals surface area contributed by atoms with E-state index in [1.54, 1.807) is 71.0 Å². The fourth-order valence-electron chi connectivity index (χ4n) is 8.08.